The fourth-order valence-corrected chi connectivity index (χ4v) is 2.29. The quantitative estimate of drug-likeness (QED) is 0.576. The molecule has 0 aliphatic heterocycles. The molecule has 2 nitrogen and oxygen atoms in total. The predicted molar refractivity (Wildman–Crippen MR) is 71.9 cm³/mol. The molecule has 0 aromatic rings. The average Bonchev–Trinajstić information content (AvgIpc) is 3.09. The minimum absolute atomic E-state index is 0.767. The third kappa shape index (κ3) is 5.31. The molecule has 1 N–H and O–H groups in total. The third-order valence-electron chi connectivity index (χ3n) is 3.52. The van der Waals surface area contributed by atoms with Crippen LogP contribution in [0.4, 0.5) is 0 Å². The lowest BCUT2D eigenvalue weighted by Gasteiger charge is -2.29. The van der Waals surface area contributed by atoms with Gasteiger partial charge in [0.15, 0.2) is 0 Å². The van der Waals surface area contributed by atoms with Crippen LogP contribution in [0, 0.1) is 0 Å². The van der Waals surface area contributed by atoms with E-state index >= 15 is 0 Å². The third-order valence-corrected chi connectivity index (χ3v) is 3.52. The summed E-state index contributed by atoms with van der Waals surface area (Å²) in [5.41, 5.74) is 0. The SMILES string of the molecule is CCCCN(C(C)CCNCCC)C1CC1. The standard InChI is InChI=1S/C14H30N2/c1-4-6-12-16(14-7-8-14)13(3)9-11-15-10-5-2/h13-15H,4-12H2,1-3H3. The van der Waals surface area contributed by atoms with Crippen molar-refractivity contribution in [2.45, 2.75) is 71.4 Å². The zero-order valence-corrected chi connectivity index (χ0v) is 11.5. The lowest BCUT2D eigenvalue weighted by Crippen LogP contribution is -2.37. The molecule has 2 heteroatoms. The Morgan fingerprint density at radius 3 is 2.50 bits per heavy atom. The molecule has 1 rings (SSSR count). The van der Waals surface area contributed by atoms with Gasteiger partial charge in [0.25, 0.3) is 0 Å². The topological polar surface area (TPSA) is 15.3 Å². The van der Waals surface area contributed by atoms with Gasteiger partial charge in [-0.05, 0) is 58.7 Å². The summed E-state index contributed by atoms with van der Waals surface area (Å²) >= 11 is 0. The van der Waals surface area contributed by atoms with E-state index in [2.05, 4.69) is 31.0 Å². The van der Waals surface area contributed by atoms with Crippen LogP contribution in [0.2, 0.25) is 0 Å². The van der Waals surface area contributed by atoms with Crippen molar-refractivity contribution in [3.63, 3.8) is 0 Å². The van der Waals surface area contributed by atoms with Gasteiger partial charge in [0.05, 0.1) is 0 Å². The summed E-state index contributed by atoms with van der Waals surface area (Å²) in [6.07, 6.45) is 8.12. The van der Waals surface area contributed by atoms with E-state index in [9.17, 15) is 0 Å². The van der Waals surface area contributed by atoms with Crippen LogP contribution < -0.4 is 5.32 Å². The highest BCUT2D eigenvalue weighted by Gasteiger charge is 2.31. The summed E-state index contributed by atoms with van der Waals surface area (Å²) in [4.78, 5) is 2.75. The molecule has 1 aliphatic carbocycles. The molecule has 0 bridgehead atoms. The van der Waals surface area contributed by atoms with Crippen LogP contribution in [-0.2, 0) is 0 Å². The van der Waals surface area contributed by atoms with Crippen LogP contribution in [0.25, 0.3) is 0 Å². The molecule has 0 aromatic heterocycles. The molecule has 96 valence electrons. The Morgan fingerprint density at radius 2 is 1.94 bits per heavy atom. The van der Waals surface area contributed by atoms with Gasteiger partial charge in [-0.1, -0.05) is 20.3 Å². The number of hydrogen-bond acceptors (Lipinski definition) is 2. The van der Waals surface area contributed by atoms with Crippen LogP contribution in [0.5, 0.6) is 0 Å². The van der Waals surface area contributed by atoms with Gasteiger partial charge in [0.1, 0.15) is 0 Å². The number of hydrogen-bond donors (Lipinski definition) is 1. The van der Waals surface area contributed by atoms with Gasteiger partial charge in [-0.2, -0.15) is 0 Å². The molecule has 1 aliphatic rings. The molecule has 1 saturated carbocycles. The van der Waals surface area contributed by atoms with E-state index in [4.69, 9.17) is 0 Å². The fourth-order valence-electron chi connectivity index (χ4n) is 2.29. The van der Waals surface area contributed by atoms with Crippen molar-refractivity contribution in [2.75, 3.05) is 19.6 Å². The number of nitrogens with zero attached hydrogens (tertiary/aromatic N) is 1. The van der Waals surface area contributed by atoms with Crippen LogP contribution in [-0.4, -0.2) is 36.6 Å². The Labute approximate surface area is 102 Å². The van der Waals surface area contributed by atoms with Gasteiger partial charge >= 0.3 is 0 Å². The largest absolute Gasteiger partial charge is 0.317 e. The summed E-state index contributed by atoms with van der Waals surface area (Å²) in [7, 11) is 0. The molecule has 1 fully saturated rings. The van der Waals surface area contributed by atoms with Gasteiger partial charge in [0, 0.05) is 12.1 Å². The van der Waals surface area contributed by atoms with E-state index in [1.165, 1.54) is 58.2 Å². The Hall–Kier alpha value is -0.0800. The Morgan fingerprint density at radius 1 is 1.19 bits per heavy atom. The molecule has 0 heterocycles. The first kappa shape index (κ1) is 14.0. The van der Waals surface area contributed by atoms with Crippen LogP contribution in [0.1, 0.15) is 59.3 Å². The molecule has 0 spiro atoms. The van der Waals surface area contributed by atoms with Crippen molar-refractivity contribution >= 4 is 0 Å². The minimum Gasteiger partial charge on any atom is -0.317 e. The second-order valence-electron chi connectivity index (χ2n) is 5.21. The maximum atomic E-state index is 3.51. The Bertz CT molecular complexity index is 166. The molecule has 0 radical (unpaired) electrons. The zero-order chi connectivity index (χ0) is 11.8. The van der Waals surface area contributed by atoms with Crippen LogP contribution in [0.15, 0.2) is 0 Å². The van der Waals surface area contributed by atoms with E-state index in [0.29, 0.717) is 0 Å². The summed E-state index contributed by atoms with van der Waals surface area (Å²) in [6, 6.07) is 1.69. The first-order valence-corrected chi connectivity index (χ1v) is 7.26. The van der Waals surface area contributed by atoms with Crippen molar-refractivity contribution in [2.24, 2.45) is 0 Å². The molecule has 1 unspecified atom stereocenters. The molecule has 1 atom stereocenters. The molecular weight excluding hydrogens is 196 g/mol. The highest BCUT2D eigenvalue weighted by atomic mass is 15.2. The first-order valence-electron chi connectivity index (χ1n) is 7.26. The summed E-state index contributed by atoms with van der Waals surface area (Å²) in [5.74, 6) is 0. The highest BCUT2D eigenvalue weighted by molar-refractivity contribution is 4.87. The lowest BCUT2D eigenvalue weighted by atomic mass is 10.1. The van der Waals surface area contributed by atoms with E-state index in [0.717, 1.165) is 12.1 Å². The van der Waals surface area contributed by atoms with Gasteiger partial charge in [0.2, 0.25) is 0 Å². The van der Waals surface area contributed by atoms with Crippen molar-refractivity contribution in [1.82, 2.24) is 10.2 Å². The molecule has 0 saturated heterocycles. The number of unbranched alkanes of at least 4 members (excludes halogenated alkanes) is 1. The molecular formula is C14H30N2. The molecule has 0 amide bonds. The fraction of sp³-hybridized carbons (Fsp3) is 1.00. The maximum Gasteiger partial charge on any atom is 0.00992 e. The van der Waals surface area contributed by atoms with Gasteiger partial charge in [-0.3, -0.25) is 4.90 Å². The van der Waals surface area contributed by atoms with Crippen LogP contribution in [0.3, 0.4) is 0 Å². The van der Waals surface area contributed by atoms with Crippen molar-refractivity contribution in [1.29, 1.82) is 0 Å². The minimum atomic E-state index is 0.767. The zero-order valence-electron chi connectivity index (χ0n) is 11.5. The van der Waals surface area contributed by atoms with Gasteiger partial charge in [-0.15, -0.1) is 0 Å². The van der Waals surface area contributed by atoms with Crippen molar-refractivity contribution < 1.29 is 0 Å². The van der Waals surface area contributed by atoms with E-state index in [1.807, 2.05) is 0 Å². The van der Waals surface area contributed by atoms with Crippen molar-refractivity contribution in [3.05, 3.63) is 0 Å². The first-order chi connectivity index (χ1) is 7.79. The van der Waals surface area contributed by atoms with Crippen molar-refractivity contribution in [3.8, 4) is 0 Å². The smallest absolute Gasteiger partial charge is 0.00992 e. The van der Waals surface area contributed by atoms with Crippen LogP contribution >= 0.6 is 0 Å². The summed E-state index contributed by atoms with van der Waals surface area (Å²) in [6.45, 7) is 10.6. The highest BCUT2D eigenvalue weighted by Crippen LogP contribution is 2.29. The average molecular weight is 226 g/mol. The molecule has 0 aromatic carbocycles. The van der Waals surface area contributed by atoms with E-state index in [-0.39, 0.29) is 0 Å². The Balaban J connectivity index is 2.16. The van der Waals surface area contributed by atoms with Gasteiger partial charge in [-0.25, -0.2) is 0 Å². The maximum absolute atomic E-state index is 3.51. The normalized spacial score (nSPS) is 18.0. The second-order valence-corrected chi connectivity index (χ2v) is 5.21. The Kier molecular flexibility index (Phi) is 7.06. The monoisotopic (exact) mass is 226 g/mol. The van der Waals surface area contributed by atoms with E-state index < -0.39 is 0 Å². The molecule has 16 heavy (non-hydrogen) atoms. The number of nitrogens with one attached hydrogen (secondary N) is 1. The second kappa shape index (κ2) is 8.08. The van der Waals surface area contributed by atoms with E-state index in [1.54, 1.807) is 0 Å². The summed E-state index contributed by atoms with van der Waals surface area (Å²) in [5, 5.41) is 3.51. The van der Waals surface area contributed by atoms with Gasteiger partial charge < -0.3 is 5.32 Å². The summed E-state index contributed by atoms with van der Waals surface area (Å²) < 4.78 is 0. The predicted octanol–water partition coefficient (Wildman–Crippen LogP) is 3.03. The lowest BCUT2D eigenvalue weighted by molar-refractivity contribution is 0.186. The number of rotatable bonds is 10.